The Morgan fingerprint density at radius 3 is 1.22 bits per heavy atom. The fourth-order valence-electron chi connectivity index (χ4n) is 15.8. The number of para-hydroxylation sites is 3. The van der Waals surface area contributed by atoms with E-state index < -0.39 is 0 Å². The summed E-state index contributed by atoms with van der Waals surface area (Å²) in [6, 6.07) is 127. The van der Waals surface area contributed by atoms with Gasteiger partial charge in [0.25, 0.3) is 0 Å². The highest BCUT2D eigenvalue weighted by Crippen LogP contribution is 2.49. The minimum atomic E-state index is -0.0678. The van der Waals surface area contributed by atoms with Crippen LogP contribution in [0, 0.1) is 0 Å². The predicted molar refractivity (Wildman–Crippen MR) is 423 cm³/mol. The molecule has 2 aromatic heterocycles. The molecule has 0 aliphatic heterocycles. The van der Waals surface area contributed by atoms with Crippen molar-refractivity contribution < 1.29 is 0 Å². The Morgan fingerprint density at radius 2 is 0.640 bits per heavy atom. The largest absolute Gasteiger partial charge is 0.292 e. The number of nitrogens with zero attached hydrogens (tertiary/aromatic N) is 4. The van der Waals surface area contributed by atoms with Crippen molar-refractivity contribution in [3.8, 4) is 101 Å². The van der Waals surface area contributed by atoms with Gasteiger partial charge in [-0.25, -0.2) is 9.97 Å². The van der Waals surface area contributed by atoms with Gasteiger partial charge in [-0.05, 0) is 210 Å². The van der Waals surface area contributed by atoms with E-state index in [0.29, 0.717) is 0 Å². The Balaban J connectivity index is 0.712. The third-order valence-electron chi connectivity index (χ3n) is 20.6. The van der Waals surface area contributed by atoms with Crippen LogP contribution in [0.25, 0.3) is 188 Å². The van der Waals surface area contributed by atoms with Gasteiger partial charge in [-0.1, -0.05) is 294 Å². The highest BCUT2D eigenvalue weighted by atomic mass is 15.1. The summed E-state index contributed by atoms with van der Waals surface area (Å²) < 4.78 is 4.64. The van der Waals surface area contributed by atoms with E-state index in [4.69, 9.17) is 9.97 Å². The second kappa shape index (κ2) is 23.5. The topological polar surface area (TPSA) is 35.6 Å². The Morgan fingerprint density at radius 1 is 0.240 bits per heavy atom. The number of rotatable bonds is 10. The molecular weight excluding hydrogens is 1210 g/mol. The lowest BCUT2D eigenvalue weighted by atomic mass is 9.81. The molecule has 100 heavy (non-hydrogen) atoms. The van der Waals surface area contributed by atoms with Gasteiger partial charge >= 0.3 is 0 Å². The van der Waals surface area contributed by atoms with E-state index in [9.17, 15) is 0 Å². The molecule has 0 atom stereocenters. The molecule has 17 aromatic carbocycles. The van der Waals surface area contributed by atoms with Crippen molar-refractivity contribution in [1.29, 1.82) is 0 Å². The van der Waals surface area contributed by atoms with E-state index in [0.717, 1.165) is 72.9 Å². The Bertz CT molecular complexity index is 6450. The fourth-order valence-corrected chi connectivity index (χ4v) is 15.8. The van der Waals surface area contributed by atoms with Gasteiger partial charge in [0.05, 0.1) is 22.1 Å². The summed E-state index contributed by atoms with van der Waals surface area (Å²) >= 11 is 0. The summed E-state index contributed by atoms with van der Waals surface area (Å²) in [7, 11) is 0. The van der Waals surface area contributed by atoms with Gasteiger partial charge in [0.1, 0.15) is 11.6 Å². The summed E-state index contributed by atoms with van der Waals surface area (Å²) in [5.41, 5.74) is 23.7. The second-order valence-corrected chi connectivity index (χ2v) is 27.6. The van der Waals surface area contributed by atoms with Crippen LogP contribution in [0.2, 0.25) is 0 Å². The van der Waals surface area contributed by atoms with Gasteiger partial charge in [0.15, 0.2) is 0 Å². The van der Waals surface area contributed by atoms with Crippen LogP contribution in [-0.2, 0) is 5.41 Å². The lowest BCUT2D eigenvalue weighted by Gasteiger charge is -2.23. The van der Waals surface area contributed by atoms with E-state index in [-0.39, 0.29) is 5.41 Å². The standard InChI is InChI=1S/C96H66N4/c1-96(2,3)74-49-55-83-85(60-74)92(81-33-18-16-31-79(81)90(83)64-44-50-75(51-45-64)99-87-36-20-19-35-86(87)97-94(99)65-25-9-5-10-26-65)73-43-40-68-56-71(41-39-69(68)58-73)77-34-21-37-88-93(77)98-95(66-27-11-6-12-28-66)100(88)76-52-46-63(47-53-76)89-78-30-15-17-32-80(78)91(72-42-38-62-24-13-14-29-67(62)57-72)84-59-70(48-54-82(84)89)61-22-7-4-8-23-61/h4-60H,1-3H3. The van der Waals surface area contributed by atoms with Crippen LogP contribution in [-0.4, -0.2) is 19.1 Å². The molecule has 4 heteroatoms. The zero-order valence-electron chi connectivity index (χ0n) is 55.7. The third kappa shape index (κ3) is 9.82. The van der Waals surface area contributed by atoms with Crippen LogP contribution in [0.5, 0.6) is 0 Å². The van der Waals surface area contributed by atoms with Gasteiger partial charge in [-0.2, -0.15) is 0 Å². The molecular formula is C96H66N4. The minimum Gasteiger partial charge on any atom is -0.292 e. The molecule has 0 unspecified atom stereocenters. The minimum absolute atomic E-state index is 0.0678. The molecule has 0 fully saturated rings. The monoisotopic (exact) mass is 1270 g/mol. The zero-order chi connectivity index (χ0) is 66.6. The molecule has 0 aliphatic rings. The molecule has 2 heterocycles. The summed E-state index contributed by atoms with van der Waals surface area (Å²) in [6.45, 7) is 6.94. The highest BCUT2D eigenvalue weighted by Gasteiger charge is 2.25. The molecule has 0 spiro atoms. The SMILES string of the molecule is CC(C)(C)c1ccc2c(-c3ccc(-n4c(-c5ccccc5)nc5ccccc54)cc3)c3ccccc3c(-c3ccc4cc(-c5cccc6c5nc(-c5ccccc5)n6-c5ccc(-c6c7ccccc7c(-c7ccc8ccccc8c7)c7cc(-c8ccccc8)ccc67)cc5)ccc4c3)c2c1. The zero-order valence-corrected chi connectivity index (χ0v) is 55.7. The maximum atomic E-state index is 5.63. The van der Waals surface area contributed by atoms with Gasteiger partial charge in [-0.15, -0.1) is 0 Å². The predicted octanol–water partition coefficient (Wildman–Crippen LogP) is 25.9. The number of benzene rings is 17. The first-order chi connectivity index (χ1) is 49.2. The summed E-state index contributed by atoms with van der Waals surface area (Å²) in [6.07, 6.45) is 0. The smallest absolute Gasteiger partial charge is 0.145 e. The molecule has 19 rings (SSSR count). The molecule has 470 valence electrons. The molecule has 0 radical (unpaired) electrons. The lowest BCUT2D eigenvalue weighted by molar-refractivity contribution is 0.591. The quantitative estimate of drug-likeness (QED) is 0.128. The first-order valence-electron chi connectivity index (χ1n) is 34.6. The first-order valence-corrected chi connectivity index (χ1v) is 34.6. The maximum Gasteiger partial charge on any atom is 0.145 e. The van der Waals surface area contributed by atoms with Crippen LogP contribution in [0.4, 0.5) is 0 Å². The molecule has 19 aromatic rings. The van der Waals surface area contributed by atoms with Crippen LogP contribution < -0.4 is 0 Å². The normalized spacial score (nSPS) is 11.9. The Labute approximate surface area is 580 Å². The van der Waals surface area contributed by atoms with E-state index in [1.807, 2.05) is 0 Å². The van der Waals surface area contributed by atoms with Crippen LogP contribution in [0.1, 0.15) is 26.3 Å². The van der Waals surface area contributed by atoms with Crippen molar-refractivity contribution >= 4 is 86.7 Å². The summed E-state index contributed by atoms with van der Waals surface area (Å²) in [4.78, 5) is 10.8. The lowest BCUT2D eigenvalue weighted by Crippen LogP contribution is -2.10. The molecule has 4 nitrogen and oxygen atoms in total. The van der Waals surface area contributed by atoms with Gasteiger partial charge in [0.2, 0.25) is 0 Å². The molecule has 0 saturated heterocycles. The van der Waals surface area contributed by atoms with Crippen molar-refractivity contribution in [2.24, 2.45) is 0 Å². The number of hydrogen-bond acceptors (Lipinski definition) is 2. The van der Waals surface area contributed by atoms with E-state index in [1.165, 1.54) is 120 Å². The third-order valence-corrected chi connectivity index (χ3v) is 20.6. The Hall–Kier alpha value is -12.8. The fraction of sp³-hybridized carbons (Fsp3) is 0.0417. The first kappa shape index (κ1) is 58.6. The molecule has 0 bridgehead atoms. The second-order valence-electron chi connectivity index (χ2n) is 27.6. The van der Waals surface area contributed by atoms with E-state index in [1.54, 1.807) is 0 Å². The van der Waals surface area contributed by atoms with E-state index >= 15 is 0 Å². The van der Waals surface area contributed by atoms with Gasteiger partial charge in [0, 0.05) is 28.1 Å². The molecule has 0 saturated carbocycles. The summed E-state index contributed by atoms with van der Waals surface area (Å²) in [5, 5.41) is 14.6. The van der Waals surface area contributed by atoms with E-state index in [2.05, 4.69) is 376 Å². The van der Waals surface area contributed by atoms with Crippen LogP contribution in [0.3, 0.4) is 0 Å². The number of imidazole rings is 2. The average Bonchev–Trinajstić information content (AvgIpc) is 0.976. The Kier molecular flexibility index (Phi) is 13.8. The molecule has 0 amide bonds. The van der Waals surface area contributed by atoms with Crippen LogP contribution >= 0.6 is 0 Å². The number of fused-ring (bicyclic) bond motifs is 8. The molecule has 0 aliphatic carbocycles. The molecule has 0 N–H and O–H groups in total. The average molecular weight is 1280 g/mol. The van der Waals surface area contributed by atoms with Crippen molar-refractivity contribution in [2.45, 2.75) is 26.2 Å². The van der Waals surface area contributed by atoms with Gasteiger partial charge in [-0.3, -0.25) is 9.13 Å². The van der Waals surface area contributed by atoms with Crippen molar-refractivity contribution in [3.05, 3.63) is 351 Å². The number of hydrogen-bond donors (Lipinski definition) is 0. The van der Waals surface area contributed by atoms with Crippen molar-refractivity contribution in [1.82, 2.24) is 19.1 Å². The summed E-state index contributed by atoms with van der Waals surface area (Å²) in [5.74, 6) is 1.82. The van der Waals surface area contributed by atoms with Crippen molar-refractivity contribution in [3.63, 3.8) is 0 Å². The highest BCUT2D eigenvalue weighted by molar-refractivity contribution is 6.24. The van der Waals surface area contributed by atoms with Crippen LogP contribution in [0.15, 0.2) is 346 Å². The van der Waals surface area contributed by atoms with Crippen molar-refractivity contribution in [2.75, 3.05) is 0 Å². The maximum absolute atomic E-state index is 5.63. The number of aromatic nitrogens is 4. The van der Waals surface area contributed by atoms with Gasteiger partial charge < -0.3 is 0 Å².